The summed E-state index contributed by atoms with van der Waals surface area (Å²) >= 11 is 0. The van der Waals surface area contributed by atoms with E-state index >= 15 is 0 Å². The molecule has 3 aromatic rings. The van der Waals surface area contributed by atoms with Gasteiger partial charge < -0.3 is 10.1 Å². The third-order valence-corrected chi connectivity index (χ3v) is 3.95. The van der Waals surface area contributed by atoms with Gasteiger partial charge in [0.15, 0.2) is 0 Å². The molecule has 1 aliphatic heterocycles. The molecule has 0 radical (unpaired) electrons. The number of tetrazole rings is 1. The number of nitrogens with zero attached hydrogens (tertiary/aromatic N) is 4. The molecule has 2 aromatic carbocycles. The smallest absolute Gasteiger partial charge is 0.248 e. The fourth-order valence-electron chi connectivity index (χ4n) is 2.73. The van der Waals surface area contributed by atoms with Crippen LogP contribution >= 0.6 is 0 Å². The van der Waals surface area contributed by atoms with Crippen molar-refractivity contribution in [2.75, 3.05) is 12.4 Å². The second-order valence-corrected chi connectivity index (χ2v) is 5.35. The average molecular weight is 323 g/mol. The van der Waals surface area contributed by atoms with Crippen molar-refractivity contribution in [3.8, 4) is 5.75 Å². The highest BCUT2D eigenvalue weighted by Crippen LogP contribution is 2.32. The van der Waals surface area contributed by atoms with Gasteiger partial charge in [-0.25, -0.2) is 4.39 Å². The number of rotatable bonds is 3. The van der Waals surface area contributed by atoms with Gasteiger partial charge in [-0.15, -0.1) is 0 Å². The van der Waals surface area contributed by atoms with Crippen LogP contribution in [0.5, 0.6) is 5.75 Å². The number of halogens is 1. The predicted molar refractivity (Wildman–Crippen MR) is 86.9 cm³/mol. The topological polar surface area (TPSA) is 64.9 Å². The molecular weight excluding hydrogens is 309 g/mol. The van der Waals surface area contributed by atoms with Crippen molar-refractivity contribution in [1.82, 2.24) is 20.2 Å². The molecule has 0 bridgehead atoms. The molecule has 6 nitrogen and oxygen atoms in total. The van der Waals surface area contributed by atoms with Crippen LogP contribution in [0.2, 0.25) is 0 Å². The van der Waals surface area contributed by atoms with Crippen molar-refractivity contribution in [3.63, 3.8) is 0 Å². The van der Waals surface area contributed by atoms with Gasteiger partial charge in [0.1, 0.15) is 17.6 Å². The fourth-order valence-corrected chi connectivity index (χ4v) is 2.73. The molecule has 24 heavy (non-hydrogen) atoms. The Kier molecular flexibility index (Phi) is 3.45. The number of benzene rings is 2. The second-order valence-electron chi connectivity index (χ2n) is 5.35. The number of anilines is 1. The molecule has 1 atom stereocenters. The van der Waals surface area contributed by atoms with Crippen molar-refractivity contribution in [2.24, 2.45) is 0 Å². The van der Waals surface area contributed by atoms with Gasteiger partial charge in [-0.2, -0.15) is 4.68 Å². The van der Waals surface area contributed by atoms with E-state index in [2.05, 4.69) is 20.8 Å². The Morgan fingerprint density at radius 1 is 1.12 bits per heavy atom. The summed E-state index contributed by atoms with van der Waals surface area (Å²) in [4.78, 5) is 0. The summed E-state index contributed by atoms with van der Waals surface area (Å²) in [5.74, 6) is 0.943. The van der Waals surface area contributed by atoms with Crippen LogP contribution in [0.15, 0.2) is 54.6 Å². The van der Waals surface area contributed by atoms with E-state index < -0.39 is 6.04 Å². The first kappa shape index (κ1) is 14.4. The van der Waals surface area contributed by atoms with Gasteiger partial charge >= 0.3 is 0 Å². The maximum Gasteiger partial charge on any atom is 0.248 e. The van der Waals surface area contributed by atoms with E-state index in [9.17, 15) is 4.39 Å². The number of nitrogens with one attached hydrogen (secondary N) is 1. The lowest BCUT2D eigenvalue weighted by Gasteiger charge is -2.23. The van der Waals surface area contributed by atoms with Gasteiger partial charge in [-0.05, 0) is 52.4 Å². The minimum Gasteiger partial charge on any atom is -0.497 e. The van der Waals surface area contributed by atoms with E-state index in [0.29, 0.717) is 11.5 Å². The van der Waals surface area contributed by atoms with Crippen LogP contribution in [0.4, 0.5) is 10.3 Å². The molecule has 0 aliphatic carbocycles. The van der Waals surface area contributed by atoms with Crippen LogP contribution in [0.25, 0.3) is 5.70 Å². The Bertz CT molecular complexity index is 903. The third kappa shape index (κ3) is 2.40. The van der Waals surface area contributed by atoms with Crippen LogP contribution < -0.4 is 10.1 Å². The molecule has 0 saturated carbocycles. The number of methoxy groups -OCH3 is 1. The molecule has 0 spiro atoms. The monoisotopic (exact) mass is 323 g/mol. The Hall–Kier alpha value is -3.22. The third-order valence-electron chi connectivity index (χ3n) is 3.95. The largest absolute Gasteiger partial charge is 0.497 e. The highest BCUT2D eigenvalue weighted by atomic mass is 19.1. The number of aromatic nitrogens is 4. The van der Waals surface area contributed by atoms with Crippen molar-refractivity contribution in [1.29, 1.82) is 0 Å². The van der Waals surface area contributed by atoms with Crippen LogP contribution in [-0.4, -0.2) is 27.3 Å². The summed E-state index contributed by atoms with van der Waals surface area (Å²) in [6.07, 6.45) is 1.91. The molecule has 0 amide bonds. The van der Waals surface area contributed by atoms with Crippen molar-refractivity contribution in [2.45, 2.75) is 6.04 Å². The van der Waals surface area contributed by atoms with Gasteiger partial charge in [-0.1, -0.05) is 23.3 Å². The maximum atomic E-state index is 14.3. The predicted octanol–water partition coefficient (Wildman–Crippen LogP) is 2.88. The molecule has 7 heteroatoms. The van der Waals surface area contributed by atoms with Crippen LogP contribution in [0.1, 0.15) is 17.2 Å². The Labute approximate surface area is 137 Å². The quantitative estimate of drug-likeness (QED) is 0.803. The highest BCUT2D eigenvalue weighted by Gasteiger charge is 2.26. The summed E-state index contributed by atoms with van der Waals surface area (Å²) in [6, 6.07) is 13.8. The lowest BCUT2D eigenvalue weighted by molar-refractivity contribution is 0.415. The van der Waals surface area contributed by atoms with Crippen molar-refractivity contribution >= 4 is 11.6 Å². The lowest BCUT2D eigenvalue weighted by atomic mass is 10.0. The summed E-state index contributed by atoms with van der Waals surface area (Å²) in [7, 11) is 1.62. The van der Waals surface area contributed by atoms with E-state index in [-0.39, 0.29) is 5.82 Å². The van der Waals surface area contributed by atoms with Crippen LogP contribution in [0, 0.1) is 5.82 Å². The normalized spacial score (nSPS) is 16.1. The fraction of sp³-hybridized carbons (Fsp3) is 0.118. The zero-order valence-corrected chi connectivity index (χ0v) is 12.8. The zero-order chi connectivity index (χ0) is 16.5. The van der Waals surface area contributed by atoms with Gasteiger partial charge in [-0.3, -0.25) is 0 Å². The van der Waals surface area contributed by atoms with E-state index in [4.69, 9.17) is 4.74 Å². The SMILES string of the molecule is COc1ccc(C2=CC(c3ccccc3F)n3nnnc3N2)cc1. The molecule has 4 rings (SSSR count). The average Bonchev–Trinajstić information content (AvgIpc) is 3.10. The Morgan fingerprint density at radius 3 is 2.67 bits per heavy atom. The first-order chi connectivity index (χ1) is 11.8. The minimum absolute atomic E-state index is 0.295. The molecular formula is C17H14FN5O. The van der Waals surface area contributed by atoms with E-state index in [1.807, 2.05) is 30.3 Å². The van der Waals surface area contributed by atoms with Crippen LogP contribution in [0.3, 0.4) is 0 Å². The molecule has 0 saturated heterocycles. The Morgan fingerprint density at radius 2 is 1.92 bits per heavy atom. The van der Waals surface area contributed by atoms with Crippen LogP contribution in [-0.2, 0) is 0 Å². The number of allylic oxidation sites excluding steroid dienone is 1. The van der Waals surface area contributed by atoms with Gasteiger partial charge in [0.2, 0.25) is 5.95 Å². The number of hydrogen-bond donors (Lipinski definition) is 1. The first-order valence-electron chi connectivity index (χ1n) is 7.42. The lowest BCUT2D eigenvalue weighted by Crippen LogP contribution is -2.21. The van der Waals surface area contributed by atoms with Crippen molar-refractivity contribution in [3.05, 3.63) is 71.6 Å². The minimum atomic E-state index is -0.422. The van der Waals surface area contributed by atoms with Crippen molar-refractivity contribution < 1.29 is 9.13 Å². The molecule has 1 aliphatic rings. The first-order valence-corrected chi connectivity index (χ1v) is 7.42. The molecule has 1 aromatic heterocycles. The van der Waals surface area contributed by atoms with Gasteiger partial charge in [0.05, 0.1) is 7.11 Å². The Balaban J connectivity index is 1.80. The van der Waals surface area contributed by atoms with Gasteiger partial charge in [0, 0.05) is 11.3 Å². The number of fused-ring (bicyclic) bond motifs is 1. The molecule has 120 valence electrons. The highest BCUT2D eigenvalue weighted by molar-refractivity contribution is 5.77. The summed E-state index contributed by atoms with van der Waals surface area (Å²) in [5, 5.41) is 14.8. The molecule has 0 fully saturated rings. The van der Waals surface area contributed by atoms with E-state index in [1.54, 1.807) is 30.0 Å². The van der Waals surface area contributed by atoms with E-state index in [0.717, 1.165) is 17.0 Å². The second kappa shape index (κ2) is 5.77. The molecule has 1 unspecified atom stereocenters. The number of hydrogen-bond acceptors (Lipinski definition) is 5. The van der Waals surface area contributed by atoms with Gasteiger partial charge in [0.25, 0.3) is 0 Å². The zero-order valence-electron chi connectivity index (χ0n) is 12.8. The van der Waals surface area contributed by atoms with E-state index in [1.165, 1.54) is 6.07 Å². The summed E-state index contributed by atoms with van der Waals surface area (Å²) < 4.78 is 21.0. The summed E-state index contributed by atoms with van der Waals surface area (Å²) in [5.41, 5.74) is 2.26. The maximum absolute atomic E-state index is 14.3. The summed E-state index contributed by atoms with van der Waals surface area (Å²) in [6.45, 7) is 0. The molecule has 2 heterocycles. The standard InChI is InChI=1S/C17H14FN5O/c1-24-12-8-6-11(7-9-12)15-10-16(13-4-2-3-5-14(13)18)23-17(19-15)20-21-22-23/h2-10,16H,1H3,(H,19,20,22). The molecule has 1 N–H and O–H groups in total. The number of ether oxygens (including phenoxy) is 1.